The van der Waals surface area contributed by atoms with E-state index in [9.17, 15) is 58.2 Å². The van der Waals surface area contributed by atoms with Gasteiger partial charge in [0.05, 0.1) is 24.5 Å². The zero-order chi connectivity index (χ0) is 64.6. The van der Waals surface area contributed by atoms with E-state index in [0.29, 0.717) is 34.0 Å². The summed E-state index contributed by atoms with van der Waals surface area (Å²) in [5.74, 6) is -8.42. The normalized spacial score (nSPS) is 17.8. The van der Waals surface area contributed by atoms with Crippen molar-refractivity contribution in [2.45, 2.75) is 139 Å². The second-order valence-electron chi connectivity index (χ2n) is 23.3. The summed E-state index contributed by atoms with van der Waals surface area (Å²) < 4.78 is 0. The number of phenolic OH excluding ortho intramolecular Hbond substituents is 1. The second-order valence-corrected chi connectivity index (χ2v) is 24.6. The van der Waals surface area contributed by atoms with Gasteiger partial charge < -0.3 is 84.8 Å². The average Bonchev–Trinajstić information content (AvgIpc) is 2.10. The van der Waals surface area contributed by atoms with Crippen molar-refractivity contribution < 1.29 is 58.2 Å². The molecule has 5 aromatic rings. The first-order valence-electron chi connectivity index (χ1n) is 29.6. The summed E-state index contributed by atoms with van der Waals surface area (Å²) in [4.78, 5) is 153. The van der Waals surface area contributed by atoms with E-state index in [1.807, 2.05) is 38.1 Å². The predicted octanol–water partition coefficient (Wildman–Crippen LogP) is 0.227. The van der Waals surface area contributed by atoms with Gasteiger partial charge in [0.1, 0.15) is 48.0 Å². The van der Waals surface area contributed by atoms with Crippen LogP contribution in [0.25, 0.3) is 21.8 Å². The predicted molar refractivity (Wildman–Crippen MR) is 334 cm³/mol. The molecule has 3 aromatic carbocycles. The van der Waals surface area contributed by atoms with Crippen LogP contribution in [0.2, 0.25) is 0 Å². The zero-order valence-corrected chi connectivity index (χ0v) is 51.0. The number of thioether (sulfide) groups is 1. The van der Waals surface area contributed by atoms with E-state index in [2.05, 4.69) is 46.9 Å². The number of nitrogens with zero attached hydrogens (tertiary/aromatic N) is 3. The Labute approximate surface area is 518 Å². The lowest BCUT2D eigenvalue weighted by Crippen LogP contribution is -2.68. The minimum absolute atomic E-state index is 0.0113. The number of aliphatic imine (C=N–C) groups is 1. The van der Waals surface area contributed by atoms with Crippen molar-refractivity contribution in [3.8, 4) is 5.75 Å². The van der Waals surface area contributed by atoms with Crippen molar-refractivity contribution in [2.75, 3.05) is 25.4 Å². The van der Waals surface area contributed by atoms with Crippen LogP contribution in [0, 0.1) is 11.8 Å². The number of piperazine rings is 1. The fraction of sp³-hybridized carbons (Fsp3) is 0.459. The summed E-state index contributed by atoms with van der Waals surface area (Å²) in [6.07, 6.45) is 2.47. The van der Waals surface area contributed by atoms with Gasteiger partial charge in [-0.1, -0.05) is 76.2 Å². The highest BCUT2D eigenvalue weighted by molar-refractivity contribution is 8.00. The molecule has 7 rings (SSSR count). The smallest absolute Gasteiger partial charge is 0.303 e. The number of carbonyl (C=O) groups is 10. The maximum Gasteiger partial charge on any atom is 0.303 e. The topological polar surface area (TPSA) is 438 Å². The number of rotatable bonds is 31. The number of aromatic amines is 2. The Bertz CT molecular complexity index is 3400. The molecule has 0 aliphatic carbocycles. The van der Waals surface area contributed by atoms with Crippen molar-refractivity contribution in [1.82, 2.24) is 51.7 Å². The first-order chi connectivity index (χ1) is 42.3. The van der Waals surface area contributed by atoms with Crippen LogP contribution in [-0.2, 0) is 67.2 Å². The molecular formula is C61H81N15O12S. The third kappa shape index (κ3) is 18.7. The van der Waals surface area contributed by atoms with E-state index in [1.165, 1.54) is 33.7 Å². The number of carboxylic acid groups (broad SMARTS) is 1. The van der Waals surface area contributed by atoms with Gasteiger partial charge in [0.25, 0.3) is 0 Å². The SMILES string of the molecule is CC(C)C[C@H](NC(=O)[C@H](Cc1c[nH]c2ccccc12)NC(=O)[C@H](CCC(=O)O)NC(=O)[C@H](CC(C)C)NC(=O)[C@H](Cc1c[nH]c2ccccc12)NC(=O)CN1CC2SC[C@H](N)C(=O)N2[C@@H](CCCN=C(N)N)C1=O)C(=O)N[C@@H](Cc1ccc(O)cc1)C(N)=O. The highest BCUT2D eigenvalue weighted by Gasteiger charge is 2.47. The molecule has 4 heterocycles. The number of hydrogen-bond donors (Lipinski definition) is 14. The van der Waals surface area contributed by atoms with Gasteiger partial charge in [0.15, 0.2) is 5.96 Å². The molecule has 2 aliphatic rings. The molecule has 0 bridgehead atoms. The zero-order valence-electron chi connectivity index (χ0n) is 50.2. The first-order valence-corrected chi connectivity index (χ1v) is 30.6. The standard InChI is InChI=1S/C61H81N15O12S/c1-32(2)22-45(72-57(85)47(25-35-27-67-41-12-7-5-10-38(35)41)69-50(78)29-75-30-51-76(59(87)40(62)31-89-51)49(60(75)88)14-9-21-66-61(64)65)55(83)70-43(19-20-52(79)80)54(82)74-48(26-36-28-68-42-13-8-6-11-39(36)42)58(86)73-46(23-33(3)4)56(84)71-44(53(63)81)24-34-15-17-37(77)18-16-34/h5-8,10-13,15-18,27-28,32-33,40,43-49,51,67-68,77H,9,14,19-26,29-31,62H2,1-4H3,(H2,63,81)(H,69,78)(H,70,83)(H,71,84)(H,72,85)(H,73,86)(H,74,82)(H,79,80)(H4,64,65,66)/t40-,43-,44-,45-,46-,47-,48-,49-,51?/m0/s1. The highest BCUT2D eigenvalue weighted by atomic mass is 32.2. The first kappa shape index (κ1) is 67.3. The van der Waals surface area contributed by atoms with Crippen LogP contribution in [0.15, 0.2) is 90.2 Å². The van der Waals surface area contributed by atoms with Crippen LogP contribution < -0.4 is 54.8 Å². The van der Waals surface area contributed by atoms with Crippen LogP contribution in [0.4, 0.5) is 0 Å². The molecule has 2 aliphatic heterocycles. The Morgan fingerprint density at radius 2 is 1.15 bits per heavy atom. The Morgan fingerprint density at radius 3 is 1.67 bits per heavy atom. The number of nitrogens with one attached hydrogen (secondary N) is 8. The molecule has 27 nitrogen and oxygen atoms in total. The van der Waals surface area contributed by atoms with Crippen molar-refractivity contribution in [2.24, 2.45) is 39.8 Å². The van der Waals surface area contributed by atoms with Crippen LogP contribution >= 0.6 is 11.8 Å². The minimum atomic E-state index is -1.63. The molecule has 9 atom stereocenters. The van der Waals surface area contributed by atoms with Gasteiger partial charge in [-0.05, 0) is 84.9 Å². The maximum atomic E-state index is 14.8. The van der Waals surface area contributed by atoms with Crippen LogP contribution in [0.1, 0.15) is 82.9 Å². The van der Waals surface area contributed by atoms with E-state index >= 15 is 0 Å². The Balaban J connectivity index is 1.12. The molecule has 9 amide bonds. The molecule has 28 heteroatoms. The third-order valence-electron chi connectivity index (χ3n) is 15.4. The van der Waals surface area contributed by atoms with Gasteiger partial charge in [0.2, 0.25) is 53.2 Å². The number of aromatic hydroxyl groups is 1. The summed E-state index contributed by atoms with van der Waals surface area (Å²) in [5.41, 5.74) is 26.1. The Hall–Kier alpha value is -9.18. The van der Waals surface area contributed by atoms with Crippen molar-refractivity contribution in [3.63, 3.8) is 0 Å². The van der Waals surface area contributed by atoms with Gasteiger partial charge >= 0.3 is 5.97 Å². The number of fused-ring (bicyclic) bond motifs is 3. The number of carboxylic acids is 1. The van der Waals surface area contributed by atoms with Crippen molar-refractivity contribution in [3.05, 3.63) is 102 Å². The molecule has 18 N–H and O–H groups in total. The third-order valence-corrected chi connectivity index (χ3v) is 16.7. The monoisotopic (exact) mass is 1250 g/mol. The average molecular weight is 1250 g/mol. The lowest BCUT2D eigenvalue weighted by molar-refractivity contribution is -0.155. The van der Waals surface area contributed by atoms with E-state index in [-0.39, 0.29) is 80.9 Å². The number of hydrogen-bond acceptors (Lipinski definition) is 14. The molecule has 2 aromatic heterocycles. The molecule has 89 heavy (non-hydrogen) atoms. The van der Waals surface area contributed by atoms with Gasteiger partial charge in [-0.2, -0.15) is 0 Å². The number of primary amides is 1. The molecule has 0 radical (unpaired) electrons. The van der Waals surface area contributed by atoms with Gasteiger partial charge in [-0.15, -0.1) is 11.8 Å². The largest absolute Gasteiger partial charge is 0.508 e. The fourth-order valence-electron chi connectivity index (χ4n) is 11.0. The number of guanidine groups is 1. The van der Waals surface area contributed by atoms with Crippen LogP contribution in [0.3, 0.4) is 0 Å². The minimum Gasteiger partial charge on any atom is -0.508 e. The van der Waals surface area contributed by atoms with E-state index in [1.54, 1.807) is 62.6 Å². The summed E-state index contributed by atoms with van der Waals surface area (Å²) in [6.45, 7) is 6.85. The van der Waals surface area contributed by atoms with E-state index in [0.717, 1.165) is 10.9 Å². The summed E-state index contributed by atoms with van der Waals surface area (Å²) in [7, 11) is 0. The van der Waals surface area contributed by atoms with E-state index in [4.69, 9.17) is 22.9 Å². The molecular weight excluding hydrogens is 1170 g/mol. The van der Waals surface area contributed by atoms with Gasteiger partial charge in [-0.3, -0.25) is 52.9 Å². The fourth-order valence-corrected chi connectivity index (χ4v) is 12.2. The number of aliphatic carboxylic acids is 1. The van der Waals surface area contributed by atoms with Crippen LogP contribution in [-0.4, -0.2) is 174 Å². The van der Waals surface area contributed by atoms with Crippen molar-refractivity contribution in [1.29, 1.82) is 0 Å². The second kappa shape index (κ2) is 31.1. The Morgan fingerprint density at radius 1 is 0.652 bits per heavy atom. The summed E-state index contributed by atoms with van der Waals surface area (Å²) in [6, 6.07) is 10.2. The molecule has 1 unspecified atom stereocenters. The number of nitrogens with two attached hydrogens (primary N) is 4. The van der Waals surface area contributed by atoms with Crippen LogP contribution in [0.5, 0.6) is 5.75 Å². The van der Waals surface area contributed by atoms with Gasteiger partial charge in [-0.25, -0.2) is 0 Å². The number of benzene rings is 3. The lowest BCUT2D eigenvalue weighted by Gasteiger charge is -2.48. The van der Waals surface area contributed by atoms with Gasteiger partial charge in [0, 0.05) is 72.2 Å². The number of para-hydroxylation sites is 2. The number of phenols is 1. The quantitative estimate of drug-likeness (QED) is 0.0160. The molecule has 478 valence electrons. The molecule has 0 saturated carbocycles. The number of H-pyrrole nitrogens is 2. The number of aromatic nitrogens is 2. The van der Waals surface area contributed by atoms with E-state index < -0.39 is 132 Å². The number of carbonyl (C=O) groups excluding carboxylic acids is 9. The molecule has 2 saturated heterocycles. The molecule has 2 fully saturated rings. The lowest BCUT2D eigenvalue weighted by atomic mass is 9.99. The summed E-state index contributed by atoms with van der Waals surface area (Å²) in [5, 5.41) is 36.9. The Kier molecular flexibility index (Phi) is 23.6. The summed E-state index contributed by atoms with van der Waals surface area (Å²) >= 11 is 1.38. The van der Waals surface area contributed by atoms with Crippen molar-refractivity contribution >= 4 is 98.7 Å². The number of amides is 9. The highest BCUT2D eigenvalue weighted by Crippen LogP contribution is 2.33. The maximum absolute atomic E-state index is 14.8. The molecule has 0 spiro atoms.